The Labute approximate surface area is 613 Å². The maximum absolute atomic E-state index is 13.1. The van der Waals surface area contributed by atoms with E-state index in [-0.39, 0.29) is 38.3 Å². The topological polar surface area (TPSA) is 145 Å². The summed E-state index contributed by atoms with van der Waals surface area (Å²) in [5.41, 5.74) is 24.1. The Hall–Kier alpha value is -11.1. The molecule has 0 unspecified atom stereocenters. The Bertz CT molecular complexity index is 5000. The molecule has 8 aliphatic rings. The molecular weight excluding hydrogens is 1330 g/mol. The van der Waals surface area contributed by atoms with Crippen LogP contribution in [0, 0.1) is 0 Å². The molecule has 4 aliphatic carbocycles. The van der Waals surface area contributed by atoms with Crippen LogP contribution in [0.15, 0.2) is 279 Å². The molecule has 14 nitrogen and oxygen atoms in total. The molecule has 524 valence electrons. The second-order valence-electron chi connectivity index (χ2n) is 27.9. The first-order chi connectivity index (χ1) is 52.1. The maximum atomic E-state index is 13.1. The SMILES string of the molecule is COc1ccc2c(c1)-c1cc(OC)ccc1C21OCC(c2ccc(-c3ccc(C4COC5(OC4)c4ccccc4-c4ccccc45)cc3)cc2)CO1.O=C(OC1COC2(OC1)c1ccccc1-c1ccccc12)c1ccc(-c2ccc(C(=O)OC3COC4(OC3)c3ccccc3-c3ccccc34)cc2)cc1. The molecule has 0 bridgehead atoms. The van der Waals surface area contributed by atoms with Crippen molar-refractivity contribution in [3.63, 3.8) is 0 Å². The summed E-state index contributed by atoms with van der Waals surface area (Å²) in [6.07, 6.45) is -1.11. The largest absolute Gasteiger partial charge is 0.497 e. The van der Waals surface area contributed by atoms with E-state index in [2.05, 4.69) is 133 Å². The number of carbonyl (C=O) groups is 2. The predicted molar refractivity (Wildman–Crippen MR) is 399 cm³/mol. The Morgan fingerprint density at radius 1 is 0.274 bits per heavy atom. The molecular formula is C92H72O14. The van der Waals surface area contributed by atoms with E-state index in [1.54, 1.807) is 38.5 Å². The van der Waals surface area contributed by atoms with Gasteiger partial charge in [0.15, 0.2) is 0 Å². The van der Waals surface area contributed by atoms with Gasteiger partial charge in [0.05, 0.1) is 78.2 Å². The number of benzene rings is 12. The Morgan fingerprint density at radius 3 is 0.774 bits per heavy atom. The summed E-state index contributed by atoms with van der Waals surface area (Å²) in [5.74, 6) is -2.88. The van der Waals surface area contributed by atoms with Crippen molar-refractivity contribution in [2.75, 3.05) is 67.1 Å². The van der Waals surface area contributed by atoms with Gasteiger partial charge < -0.3 is 56.8 Å². The second kappa shape index (κ2) is 26.5. The first-order valence-electron chi connectivity index (χ1n) is 36.0. The number of esters is 2. The fourth-order valence-corrected chi connectivity index (χ4v) is 16.7. The highest BCUT2D eigenvalue weighted by Gasteiger charge is 2.53. The zero-order valence-electron chi connectivity index (χ0n) is 58.2. The fourth-order valence-electron chi connectivity index (χ4n) is 16.7. The average molecular weight is 1400 g/mol. The first kappa shape index (κ1) is 65.6. The normalized spacial score (nSPS) is 19.4. The summed E-state index contributed by atoms with van der Waals surface area (Å²) in [6, 6.07) is 93.2. The molecule has 0 saturated carbocycles. The van der Waals surface area contributed by atoms with Crippen LogP contribution < -0.4 is 9.47 Å². The lowest BCUT2D eigenvalue weighted by Gasteiger charge is -2.39. The van der Waals surface area contributed by atoms with Crippen LogP contribution >= 0.6 is 0 Å². The van der Waals surface area contributed by atoms with Crippen LogP contribution in [0.3, 0.4) is 0 Å². The average Bonchev–Trinajstić information content (AvgIpc) is 1.61. The van der Waals surface area contributed by atoms with Gasteiger partial charge in [0.2, 0.25) is 23.1 Å². The fraction of sp³-hybridized carbons (Fsp3) is 0.196. The van der Waals surface area contributed by atoms with Crippen LogP contribution in [0.1, 0.15) is 88.2 Å². The number of carbonyl (C=O) groups excluding carboxylic acids is 2. The van der Waals surface area contributed by atoms with E-state index in [4.69, 9.17) is 56.8 Å². The third kappa shape index (κ3) is 10.8. The molecule has 20 rings (SSSR count). The van der Waals surface area contributed by atoms with Gasteiger partial charge in [0.1, 0.15) is 23.7 Å². The van der Waals surface area contributed by atoms with Crippen LogP contribution in [0.25, 0.3) is 66.8 Å². The molecule has 0 aromatic heterocycles. The molecule has 106 heavy (non-hydrogen) atoms. The highest BCUT2D eigenvalue weighted by molar-refractivity contribution is 5.92. The van der Waals surface area contributed by atoms with Crippen molar-refractivity contribution >= 4 is 11.9 Å². The summed E-state index contributed by atoms with van der Waals surface area (Å²) in [7, 11) is 3.37. The van der Waals surface area contributed by atoms with E-state index in [0.717, 1.165) is 101 Å². The maximum Gasteiger partial charge on any atom is 0.338 e. The van der Waals surface area contributed by atoms with Crippen LogP contribution in [-0.2, 0) is 70.5 Å². The summed E-state index contributed by atoms with van der Waals surface area (Å²) in [6.45, 7) is 3.05. The van der Waals surface area contributed by atoms with Gasteiger partial charge in [-0.05, 0) is 139 Å². The predicted octanol–water partition coefficient (Wildman–Crippen LogP) is 17.7. The molecule has 0 radical (unpaired) electrons. The number of ether oxygens (including phenoxy) is 12. The Kier molecular flexibility index (Phi) is 16.4. The minimum absolute atomic E-state index is 0.111. The third-order valence-electron chi connectivity index (χ3n) is 22.1. The molecule has 4 spiro atoms. The summed E-state index contributed by atoms with van der Waals surface area (Å²) in [5, 5.41) is 0. The first-order valence-corrected chi connectivity index (χ1v) is 36.0. The van der Waals surface area contributed by atoms with Gasteiger partial charge in [0, 0.05) is 56.3 Å². The number of fused-ring (bicyclic) bond motifs is 20. The molecule has 4 fully saturated rings. The van der Waals surface area contributed by atoms with E-state index in [9.17, 15) is 9.59 Å². The lowest BCUT2D eigenvalue weighted by atomic mass is 9.93. The monoisotopic (exact) mass is 1400 g/mol. The van der Waals surface area contributed by atoms with Gasteiger partial charge in [-0.15, -0.1) is 0 Å². The van der Waals surface area contributed by atoms with Gasteiger partial charge in [0.25, 0.3) is 0 Å². The van der Waals surface area contributed by atoms with E-state index in [1.165, 1.54) is 33.4 Å². The Morgan fingerprint density at radius 2 is 0.509 bits per heavy atom. The minimum Gasteiger partial charge on any atom is -0.497 e. The summed E-state index contributed by atoms with van der Waals surface area (Å²) in [4.78, 5) is 26.3. The van der Waals surface area contributed by atoms with Crippen LogP contribution in [-0.4, -0.2) is 91.2 Å². The summed E-state index contributed by atoms with van der Waals surface area (Å²) < 4.78 is 75.0. The van der Waals surface area contributed by atoms with Crippen molar-refractivity contribution in [2.24, 2.45) is 0 Å². The van der Waals surface area contributed by atoms with E-state index in [0.29, 0.717) is 37.6 Å². The number of rotatable bonds is 10. The number of methoxy groups -OCH3 is 2. The quantitative estimate of drug-likeness (QED) is 0.120. The third-order valence-corrected chi connectivity index (χ3v) is 22.1. The van der Waals surface area contributed by atoms with Gasteiger partial charge >= 0.3 is 11.9 Å². The van der Waals surface area contributed by atoms with E-state index >= 15 is 0 Å². The highest BCUT2D eigenvalue weighted by atomic mass is 16.7. The van der Waals surface area contributed by atoms with Crippen LogP contribution in [0.5, 0.6) is 11.5 Å². The van der Waals surface area contributed by atoms with Crippen molar-refractivity contribution in [3.05, 3.63) is 346 Å². The molecule has 14 heteroatoms. The summed E-state index contributed by atoms with van der Waals surface area (Å²) >= 11 is 0. The molecule has 4 saturated heterocycles. The molecule has 4 heterocycles. The van der Waals surface area contributed by atoms with Crippen LogP contribution in [0.4, 0.5) is 0 Å². The van der Waals surface area contributed by atoms with Gasteiger partial charge in [-0.3, -0.25) is 0 Å². The highest BCUT2D eigenvalue weighted by Crippen LogP contribution is 2.57. The van der Waals surface area contributed by atoms with Gasteiger partial charge in [-0.1, -0.05) is 218 Å². The van der Waals surface area contributed by atoms with E-state index < -0.39 is 47.3 Å². The number of hydrogen-bond acceptors (Lipinski definition) is 14. The van der Waals surface area contributed by atoms with Crippen molar-refractivity contribution < 1.29 is 66.4 Å². The van der Waals surface area contributed by atoms with Gasteiger partial charge in [-0.25, -0.2) is 9.59 Å². The van der Waals surface area contributed by atoms with E-state index in [1.807, 2.05) is 121 Å². The van der Waals surface area contributed by atoms with Gasteiger partial charge in [-0.2, -0.15) is 0 Å². The molecule has 4 aliphatic heterocycles. The minimum atomic E-state index is -1.01. The molecule has 12 aromatic carbocycles. The lowest BCUT2D eigenvalue weighted by molar-refractivity contribution is -0.275. The van der Waals surface area contributed by atoms with Crippen molar-refractivity contribution in [2.45, 2.75) is 47.2 Å². The number of hydrogen-bond donors (Lipinski definition) is 0. The second-order valence-corrected chi connectivity index (χ2v) is 27.9. The molecule has 12 aromatic rings. The van der Waals surface area contributed by atoms with Crippen molar-refractivity contribution in [1.29, 1.82) is 0 Å². The smallest absolute Gasteiger partial charge is 0.338 e. The van der Waals surface area contributed by atoms with Crippen molar-refractivity contribution in [3.8, 4) is 78.3 Å². The molecule has 0 atom stereocenters. The molecule has 0 amide bonds. The standard InChI is InChI=1S/C46H34O8.C46H38O6/c47-43(53-33-25-49-45(50-26-33)39-13-5-1-9-35(39)36-10-2-6-14-40(36)45)31-21-17-29(18-22-31)30-19-23-32(24-20-30)44(48)54-34-27-51-46(52-28-34)41-15-7-3-11-37(41)38-12-4-8-16-42(38)46;1-47-35-19-21-43-39(23-35)40-24-36(48-2)20-22-44(40)46(43)51-27-34(28-52-46)32-17-13-30(14-18-32)29-11-15-31(16-12-29)33-25-49-45(50-26-33)41-9-5-3-7-37(41)38-8-4-6-10-42(38)45/h1-24,33-34H,25-28H2;3-24,33-34H,25-28H2,1-2H3. The Balaban J connectivity index is 0.000000145. The zero-order chi connectivity index (χ0) is 71.1. The zero-order valence-corrected chi connectivity index (χ0v) is 58.2. The lowest BCUT2D eigenvalue weighted by Crippen LogP contribution is -2.45. The molecule has 0 N–H and O–H groups in total. The van der Waals surface area contributed by atoms with Crippen molar-refractivity contribution in [1.82, 2.24) is 0 Å². The van der Waals surface area contributed by atoms with Crippen LogP contribution in [0.2, 0.25) is 0 Å².